The molecule has 2 rings (SSSR count). The third kappa shape index (κ3) is 4.44. The number of rotatable bonds is 4. The number of amides is 2. The third-order valence-electron chi connectivity index (χ3n) is 3.44. The molecule has 6 heteroatoms. The SMILES string of the molecule is O=C(NCCCN1CCOCC1)N1CCNCC1. The summed E-state index contributed by atoms with van der Waals surface area (Å²) in [7, 11) is 0. The minimum Gasteiger partial charge on any atom is -0.379 e. The van der Waals surface area contributed by atoms with E-state index in [9.17, 15) is 4.79 Å². The standard InChI is InChI=1S/C12H24N4O2/c17-12(16-6-3-13-4-7-16)14-2-1-5-15-8-10-18-11-9-15/h13H,1-11H2,(H,14,17). The molecule has 0 aromatic carbocycles. The van der Waals surface area contributed by atoms with E-state index in [2.05, 4.69) is 15.5 Å². The van der Waals surface area contributed by atoms with Crippen LogP contribution in [0.1, 0.15) is 6.42 Å². The highest BCUT2D eigenvalue weighted by atomic mass is 16.5. The number of ether oxygens (including phenoxy) is 1. The van der Waals surface area contributed by atoms with Crippen molar-refractivity contribution in [3.05, 3.63) is 0 Å². The highest BCUT2D eigenvalue weighted by Crippen LogP contribution is 1.98. The lowest BCUT2D eigenvalue weighted by atomic mass is 10.3. The van der Waals surface area contributed by atoms with Gasteiger partial charge in [0.15, 0.2) is 0 Å². The average molecular weight is 256 g/mol. The van der Waals surface area contributed by atoms with Crippen LogP contribution in [0.2, 0.25) is 0 Å². The zero-order valence-electron chi connectivity index (χ0n) is 11.0. The molecule has 6 nitrogen and oxygen atoms in total. The van der Waals surface area contributed by atoms with Gasteiger partial charge in [0, 0.05) is 45.8 Å². The van der Waals surface area contributed by atoms with Crippen molar-refractivity contribution in [2.45, 2.75) is 6.42 Å². The average Bonchev–Trinajstić information content (AvgIpc) is 2.45. The van der Waals surface area contributed by atoms with Crippen molar-refractivity contribution < 1.29 is 9.53 Å². The molecule has 2 saturated heterocycles. The van der Waals surface area contributed by atoms with Crippen LogP contribution in [0.25, 0.3) is 0 Å². The lowest BCUT2D eigenvalue weighted by molar-refractivity contribution is 0.0375. The Bertz CT molecular complexity index is 250. The molecule has 0 aromatic heterocycles. The van der Waals surface area contributed by atoms with Crippen molar-refractivity contribution >= 4 is 6.03 Å². The topological polar surface area (TPSA) is 56.8 Å². The molecule has 2 N–H and O–H groups in total. The first-order valence-corrected chi connectivity index (χ1v) is 6.90. The highest BCUT2D eigenvalue weighted by molar-refractivity contribution is 5.74. The fourth-order valence-electron chi connectivity index (χ4n) is 2.30. The number of nitrogens with zero attached hydrogens (tertiary/aromatic N) is 2. The summed E-state index contributed by atoms with van der Waals surface area (Å²) in [5.74, 6) is 0. The molecule has 0 radical (unpaired) electrons. The van der Waals surface area contributed by atoms with E-state index < -0.39 is 0 Å². The van der Waals surface area contributed by atoms with Gasteiger partial charge in [-0.1, -0.05) is 0 Å². The van der Waals surface area contributed by atoms with Gasteiger partial charge in [-0.2, -0.15) is 0 Å². The van der Waals surface area contributed by atoms with Gasteiger partial charge in [0.1, 0.15) is 0 Å². The molecular weight excluding hydrogens is 232 g/mol. The summed E-state index contributed by atoms with van der Waals surface area (Å²) in [4.78, 5) is 16.1. The molecule has 2 aliphatic rings. The van der Waals surface area contributed by atoms with E-state index >= 15 is 0 Å². The Morgan fingerprint density at radius 2 is 1.89 bits per heavy atom. The number of carbonyl (C=O) groups excluding carboxylic acids is 1. The molecule has 0 bridgehead atoms. The number of nitrogens with one attached hydrogen (secondary N) is 2. The molecule has 0 spiro atoms. The number of hydrogen-bond donors (Lipinski definition) is 2. The molecule has 0 aromatic rings. The summed E-state index contributed by atoms with van der Waals surface area (Å²) in [6.07, 6.45) is 1.01. The molecule has 18 heavy (non-hydrogen) atoms. The number of hydrogen-bond acceptors (Lipinski definition) is 4. The minimum absolute atomic E-state index is 0.0819. The van der Waals surface area contributed by atoms with Gasteiger partial charge in [-0.3, -0.25) is 4.90 Å². The quantitative estimate of drug-likeness (QED) is 0.655. The van der Waals surface area contributed by atoms with Gasteiger partial charge in [-0.15, -0.1) is 0 Å². The lowest BCUT2D eigenvalue weighted by Crippen LogP contribution is -2.50. The van der Waals surface area contributed by atoms with E-state index in [0.29, 0.717) is 0 Å². The number of piperazine rings is 1. The van der Waals surface area contributed by atoms with Crippen LogP contribution in [-0.4, -0.2) is 81.4 Å². The third-order valence-corrected chi connectivity index (χ3v) is 3.44. The fraction of sp³-hybridized carbons (Fsp3) is 0.917. The molecule has 2 fully saturated rings. The molecule has 0 atom stereocenters. The van der Waals surface area contributed by atoms with Gasteiger partial charge in [0.2, 0.25) is 0 Å². The molecule has 2 amide bonds. The van der Waals surface area contributed by atoms with Crippen LogP contribution in [0.3, 0.4) is 0 Å². The van der Waals surface area contributed by atoms with Gasteiger partial charge in [-0.25, -0.2) is 4.79 Å². The van der Waals surface area contributed by atoms with Gasteiger partial charge in [0.25, 0.3) is 0 Å². The van der Waals surface area contributed by atoms with E-state index in [1.54, 1.807) is 0 Å². The van der Waals surface area contributed by atoms with E-state index in [-0.39, 0.29) is 6.03 Å². The second-order valence-corrected chi connectivity index (χ2v) is 4.78. The number of morpholine rings is 1. The van der Waals surface area contributed by atoms with Gasteiger partial charge in [-0.05, 0) is 13.0 Å². The van der Waals surface area contributed by atoms with Crippen molar-refractivity contribution in [3.8, 4) is 0 Å². The summed E-state index contributed by atoms with van der Waals surface area (Å²) >= 11 is 0. The smallest absolute Gasteiger partial charge is 0.317 e. The van der Waals surface area contributed by atoms with Crippen LogP contribution in [0, 0.1) is 0 Å². The van der Waals surface area contributed by atoms with Crippen LogP contribution >= 0.6 is 0 Å². The maximum Gasteiger partial charge on any atom is 0.317 e. The summed E-state index contributed by atoms with van der Waals surface area (Å²) in [6, 6.07) is 0.0819. The lowest BCUT2D eigenvalue weighted by Gasteiger charge is -2.28. The van der Waals surface area contributed by atoms with Crippen LogP contribution in [0.15, 0.2) is 0 Å². The van der Waals surface area contributed by atoms with Crippen molar-refractivity contribution in [1.82, 2.24) is 20.4 Å². The maximum absolute atomic E-state index is 11.8. The minimum atomic E-state index is 0.0819. The second kappa shape index (κ2) is 7.56. The van der Waals surface area contributed by atoms with Gasteiger partial charge < -0.3 is 20.3 Å². The zero-order chi connectivity index (χ0) is 12.6. The molecular formula is C12H24N4O2. The zero-order valence-corrected chi connectivity index (χ0v) is 11.0. The Labute approximate surface area is 109 Å². The fourth-order valence-corrected chi connectivity index (χ4v) is 2.30. The van der Waals surface area contributed by atoms with E-state index in [1.165, 1.54) is 0 Å². The van der Waals surface area contributed by atoms with Crippen LogP contribution in [0.4, 0.5) is 4.79 Å². The first-order chi connectivity index (χ1) is 8.86. The Kier molecular flexibility index (Phi) is 5.70. The van der Waals surface area contributed by atoms with Gasteiger partial charge >= 0.3 is 6.03 Å². The first-order valence-electron chi connectivity index (χ1n) is 6.90. The van der Waals surface area contributed by atoms with Crippen molar-refractivity contribution in [1.29, 1.82) is 0 Å². The number of urea groups is 1. The number of carbonyl (C=O) groups is 1. The molecule has 0 aliphatic carbocycles. The highest BCUT2D eigenvalue weighted by Gasteiger charge is 2.15. The predicted molar refractivity (Wildman–Crippen MR) is 69.7 cm³/mol. The van der Waals surface area contributed by atoms with Crippen molar-refractivity contribution in [2.75, 3.05) is 65.6 Å². The molecule has 2 heterocycles. The normalized spacial score (nSPS) is 21.9. The van der Waals surface area contributed by atoms with Crippen LogP contribution < -0.4 is 10.6 Å². The monoisotopic (exact) mass is 256 g/mol. The van der Waals surface area contributed by atoms with Gasteiger partial charge in [0.05, 0.1) is 13.2 Å². The Morgan fingerprint density at radius 1 is 1.17 bits per heavy atom. The molecule has 104 valence electrons. The summed E-state index contributed by atoms with van der Waals surface area (Å²) < 4.78 is 5.30. The molecule has 2 aliphatic heterocycles. The van der Waals surface area contributed by atoms with E-state index in [0.717, 1.165) is 72.0 Å². The first kappa shape index (κ1) is 13.6. The van der Waals surface area contributed by atoms with E-state index in [1.807, 2.05) is 4.90 Å². The Hall–Kier alpha value is -0.850. The van der Waals surface area contributed by atoms with Crippen molar-refractivity contribution in [3.63, 3.8) is 0 Å². The second-order valence-electron chi connectivity index (χ2n) is 4.78. The van der Waals surface area contributed by atoms with E-state index in [4.69, 9.17) is 4.74 Å². The summed E-state index contributed by atoms with van der Waals surface area (Å²) in [6.45, 7) is 8.97. The van der Waals surface area contributed by atoms with Crippen LogP contribution in [0.5, 0.6) is 0 Å². The molecule has 0 saturated carbocycles. The predicted octanol–water partition coefficient (Wildman–Crippen LogP) is -0.676. The Balaban J connectivity index is 1.52. The summed E-state index contributed by atoms with van der Waals surface area (Å²) in [5, 5.41) is 6.23. The van der Waals surface area contributed by atoms with Crippen LogP contribution in [-0.2, 0) is 4.74 Å². The van der Waals surface area contributed by atoms with Crippen molar-refractivity contribution in [2.24, 2.45) is 0 Å². The molecule has 0 unspecified atom stereocenters. The maximum atomic E-state index is 11.8. The summed E-state index contributed by atoms with van der Waals surface area (Å²) in [5.41, 5.74) is 0. The largest absolute Gasteiger partial charge is 0.379 e. The Morgan fingerprint density at radius 3 is 2.61 bits per heavy atom.